The molecule has 150 valence electrons. The summed E-state index contributed by atoms with van der Waals surface area (Å²) in [6.07, 6.45) is 5.14. The van der Waals surface area contributed by atoms with Crippen LogP contribution in [0.15, 0.2) is 114 Å². The van der Waals surface area contributed by atoms with Crippen LogP contribution in [0, 0.1) is 5.41 Å². The first-order chi connectivity index (χ1) is 14.5. The van der Waals surface area contributed by atoms with E-state index in [2.05, 4.69) is 106 Å². The Morgan fingerprint density at radius 2 is 1.13 bits per heavy atom. The third-order valence-electron chi connectivity index (χ3n) is 5.89. The van der Waals surface area contributed by atoms with Gasteiger partial charge in [-0.15, -0.1) is 0 Å². The Morgan fingerprint density at radius 1 is 0.733 bits per heavy atom. The summed E-state index contributed by atoms with van der Waals surface area (Å²) in [6.45, 7) is 6.36. The summed E-state index contributed by atoms with van der Waals surface area (Å²) >= 11 is 0. The second-order valence-corrected chi connectivity index (χ2v) is 11.8. The second-order valence-electron chi connectivity index (χ2n) is 8.46. The molecule has 0 bridgehead atoms. The van der Waals surface area contributed by atoms with Crippen LogP contribution in [-0.2, 0) is 4.79 Å². The lowest BCUT2D eigenvalue weighted by Crippen LogP contribution is -2.43. The monoisotopic (exact) mass is 411 g/mol. The predicted molar refractivity (Wildman–Crippen MR) is 130 cm³/mol. The molecule has 30 heavy (non-hydrogen) atoms. The zero-order valence-corrected chi connectivity index (χ0v) is 18.8. The molecule has 1 nitrogen and oxygen atoms in total. The minimum absolute atomic E-state index is 0.324. The standard InChI is InChI=1S/C28H28OP/c1-22-19-23(2)21-28(3,20-22)27(29)30(24-13-7-4-8-14-24,25-15-9-5-10-16-25)26-17-11-6-12-18-26/h4-20H,21H2,1-3H3/q+1. The van der Waals surface area contributed by atoms with Gasteiger partial charge in [0.15, 0.2) is 7.26 Å². The third kappa shape index (κ3) is 3.48. The summed E-state index contributed by atoms with van der Waals surface area (Å²) in [5.41, 5.74) is 2.21. The number of hydrogen-bond donors (Lipinski definition) is 0. The molecule has 1 unspecified atom stereocenters. The van der Waals surface area contributed by atoms with Gasteiger partial charge in [0.1, 0.15) is 15.9 Å². The maximum absolute atomic E-state index is 14.8. The molecular formula is C28H28OP+. The van der Waals surface area contributed by atoms with Crippen molar-refractivity contribution in [3.63, 3.8) is 0 Å². The maximum atomic E-state index is 14.8. The highest BCUT2D eigenvalue weighted by molar-refractivity contribution is 8.08. The lowest BCUT2D eigenvalue weighted by atomic mass is 9.79. The summed E-state index contributed by atoms with van der Waals surface area (Å²) in [5.74, 6) is 0. The fourth-order valence-corrected chi connectivity index (χ4v) is 9.25. The molecule has 3 aromatic carbocycles. The molecule has 0 fully saturated rings. The normalized spacial score (nSPS) is 19.0. The van der Waals surface area contributed by atoms with E-state index < -0.39 is 12.7 Å². The maximum Gasteiger partial charge on any atom is 0.293 e. The van der Waals surface area contributed by atoms with Crippen molar-refractivity contribution in [3.05, 3.63) is 114 Å². The van der Waals surface area contributed by atoms with Gasteiger partial charge in [0.25, 0.3) is 5.52 Å². The van der Waals surface area contributed by atoms with Crippen LogP contribution in [0.5, 0.6) is 0 Å². The van der Waals surface area contributed by atoms with Crippen LogP contribution in [-0.4, -0.2) is 5.52 Å². The van der Waals surface area contributed by atoms with Gasteiger partial charge in [-0.05, 0) is 63.6 Å². The quantitative estimate of drug-likeness (QED) is 0.484. The van der Waals surface area contributed by atoms with Gasteiger partial charge in [0.05, 0.1) is 5.41 Å². The summed E-state index contributed by atoms with van der Waals surface area (Å²) in [7, 11) is -2.54. The Kier molecular flexibility index (Phi) is 5.58. The smallest absolute Gasteiger partial charge is 0.251 e. The predicted octanol–water partition coefficient (Wildman–Crippen LogP) is 5.81. The summed E-state index contributed by atoms with van der Waals surface area (Å²) < 4.78 is 0. The average Bonchev–Trinajstić information content (AvgIpc) is 2.76. The van der Waals surface area contributed by atoms with E-state index in [9.17, 15) is 4.79 Å². The molecule has 0 aliphatic heterocycles. The first-order valence-corrected chi connectivity index (χ1v) is 12.2. The van der Waals surface area contributed by atoms with Crippen LogP contribution in [0.25, 0.3) is 0 Å². The molecule has 0 aromatic heterocycles. The number of benzene rings is 3. The van der Waals surface area contributed by atoms with Crippen LogP contribution < -0.4 is 15.9 Å². The van der Waals surface area contributed by atoms with Crippen LogP contribution in [0.1, 0.15) is 27.2 Å². The van der Waals surface area contributed by atoms with E-state index in [1.165, 1.54) is 11.1 Å². The zero-order valence-electron chi connectivity index (χ0n) is 17.9. The molecule has 1 aliphatic rings. The van der Waals surface area contributed by atoms with Crippen molar-refractivity contribution >= 4 is 28.7 Å². The first-order valence-electron chi connectivity index (χ1n) is 10.4. The van der Waals surface area contributed by atoms with E-state index in [-0.39, 0.29) is 0 Å². The number of allylic oxidation sites excluding steroid dienone is 4. The molecule has 0 N–H and O–H groups in total. The van der Waals surface area contributed by atoms with Crippen molar-refractivity contribution in [2.45, 2.75) is 27.2 Å². The molecule has 1 atom stereocenters. The van der Waals surface area contributed by atoms with Gasteiger partial charge in [-0.2, -0.15) is 0 Å². The topological polar surface area (TPSA) is 17.1 Å². The first kappa shape index (κ1) is 20.5. The molecule has 4 rings (SSSR count). The highest BCUT2D eigenvalue weighted by Crippen LogP contribution is 2.61. The highest BCUT2D eigenvalue weighted by Gasteiger charge is 2.59. The molecule has 0 spiro atoms. The number of rotatable bonds is 5. The Hall–Kier alpha value is -2.76. The molecule has 0 saturated carbocycles. The molecule has 0 radical (unpaired) electrons. The lowest BCUT2D eigenvalue weighted by molar-refractivity contribution is -0.117. The summed E-state index contributed by atoms with van der Waals surface area (Å²) in [6, 6.07) is 31.2. The van der Waals surface area contributed by atoms with Crippen molar-refractivity contribution in [1.82, 2.24) is 0 Å². The van der Waals surface area contributed by atoms with E-state index in [1.807, 2.05) is 18.2 Å². The van der Waals surface area contributed by atoms with Crippen molar-refractivity contribution in [1.29, 1.82) is 0 Å². The van der Waals surface area contributed by atoms with Gasteiger partial charge in [-0.1, -0.05) is 77.9 Å². The Labute approximate surface area is 180 Å². The van der Waals surface area contributed by atoms with Crippen LogP contribution in [0.2, 0.25) is 0 Å². The van der Waals surface area contributed by atoms with Gasteiger partial charge in [0.2, 0.25) is 0 Å². The van der Waals surface area contributed by atoms with Crippen molar-refractivity contribution in [3.8, 4) is 0 Å². The van der Waals surface area contributed by atoms with Crippen LogP contribution >= 0.6 is 7.26 Å². The molecule has 0 saturated heterocycles. The minimum atomic E-state index is -2.54. The number of carbonyl (C=O) groups excluding carboxylic acids is 1. The largest absolute Gasteiger partial charge is 0.293 e. The summed E-state index contributed by atoms with van der Waals surface area (Å²) in [5, 5.41) is 3.35. The molecule has 1 aliphatic carbocycles. The van der Waals surface area contributed by atoms with E-state index >= 15 is 0 Å². The summed E-state index contributed by atoms with van der Waals surface area (Å²) in [4.78, 5) is 14.8. The Morgan fingerprint density at radius 3 is 1.50 bits per heavy atom. The molecule has 3 aromatic rings. The molecule has 0 heterocycles. The van der Waals surface area contributed by atoms with Gasteiger partial charge >= 0.3 is 0 Å². The van der Waals surface area contributed by atoms with Gasteiger partial charge in [0, 0.05) is 0 Å². The average molecular weight is 412 g/mol. The van der Waals surface area contributed by atoms with Crippen molar-refractivity contribution in [2.24, 2.45) is 5.41 Å². The minimum Gasteiger partial charge on any atom is -0.251 e. The van der Waals surface area contributed by atoms with Crippen molar-refractivity contribution in [2.75, 3.05) is 0 Å². The second kappa shape index (κ2) is 8.17. The van der Waals surface area contributed by atoms with Gasteiger partial charge in [-0.3, -0.25) is 4.79 Å². The van der Waals surface area contributed by atoms with E-state index in [0.717, 1.165) is 22.3 Å². The SMILES string of the molecule is CC1=CC(C)(C(=O)[P+](c2ccccc2)(c2ccccc2)c2ccccc2)CC(C)=C1. The Bertz CT molecular complexity index is 1000. The number of carbonyl (C=O) groups is 1. The third-order valence-corrected chi connectivity index (χ3v) is 10.2. The van der Waals surface area contributed by atoms with Crippen LogP contribution in [0.4, 0.5) is 0 Å². The van der Waals surface area contributed by atoms with E-state index in [0.29, 0.717) is 5.52 Å². The molecule has 0 amide bonds. The molecular weight excluding hydrogens is 383 g/mol. The van der Waals surface area contributed by atoms with Gasteiger partial charge < -0.3 is 0 Å². The van der Waals surface area contributed by atoms with Gasteiger partial charge in [-0.25, -0.2) is 0 Å². The highest BCUT2D eigenvalue weighted by atomic mass is 31.2. The molecule has 2 heteroatoms. The lowest BCUT2D eigenvalue weighted by Gasteiger charge is -2.35. The van der Waals surface area contributed by atoms with E-state index in [4.69, 9.17) is 0 Å². The van der Waals surface area contributed by atoms with Crippen molar-refractivity contribution < 1.29 is 4.79 Å². The Balaban J connectivity index is 2.06. The van der Waals surface area contributed by atoms with E-state index in [1.54, 1.807) is 0 Å². The fourth-order valence-electron chi connectivity index (χ4n) is 4.89. The van der Waals surface area contributed by atoms with Crippen LogP contribution in [0.3, 0.4) is 0 Å². The fraction of sp³-hybridized carbons (Fsp3) is 0.179. The zero-order chi connectivity index (χ0) is 21.2. The number of hydrogen-bond acceptors (Lipinski definition) is 1.